The maximum absolute atomic E-state index is 5.07. The summed E-state index contributed by atoms with van der Waals surface area (Å²) in [7, 11) is 1.65. The molecule has 1 heteroatoms. The summed E-state index contributed by atoms with van der Waals surface area (Å²) < 4.78 is 5.07. The molecule has 1 aromatic carbocycles. The van der Waals surface area contributed by atoms with Crippen molar-refractivity contribution in [2.24, 2.45) is 5.92 Å². The topological polar surface area (TPSA) is 9.23 Å². The van der Waals surface area contributed by atoms with Crippen LogP contribution in [0.4, 0.5) is 0 Å². The van der Waals surface area contributed by atoms with Crippen LogP contribution >= 0.6 is 0 Å². The van der Waals surface area contributed by atoms with E-state index in [2.05, 4.69) is 23.7 Å². The van der Waals surface area contributed by atoms with Gasteiger partial charge in [-0.1, -0.05) is 36.1 Å². The summed E-state index contributed by atoms with van der Waals surface area (Å²) in [6.45, 7) is 0. The monoisotopic (exact) mass is 220 g/mol. The lowest BCUT2D eigenvalue weighted by Gasteiger charge is -1.96. The molecule has 0 amide bonds. The lowest BCUT2D eigenvalue weighted by atomic mass is 10.2. The molecule has 0 saturated heterocycles. The van der Waals surface area contributed by atoms with Crippen LogP contribution in [-0.4, -0.2) is 7.11 Å². The number of hydrogen-bond acceptors (Lipinski definition) is 1. The zero-order chi connectivity index (χ0) is 11.9. The SMILES string of the molecule is COc1ccc(C#CC#CC2C=CC=C2)cc1. The predicted octanol–water partition coefficient (Wildman–Crippen LogP) is 2.79. The van der Waals surface area contributed by atoms with Crippen LogP contribution in [0.2, 0.25) is 0 Å². The minimum absolute atomic E-state index is 0.222. The van der Waals surface area contributed by atoms with E-state index >= 15 is 0 Å². The van der Waals surface area contributed by atoms with Crippen LogP contribution in [0, 0.1) is 29.6 Å². The van der Waals surface area contributed by atoms with Gasteiger partial charge in [0.15, 0.2) is 0 Å². The van der Waals surface area contributed by atoms with E-state index in [0.29, 0.717) is 0 Å². The summed E-state index contributed by atoms with van der Waals surface area (Å²) in [6, 6.07) is 7.62. The molecular weight excluding hydrogens is 208 g/mol. The number of hydrogen-bond donors (Lipinski definition) is 0. The highest BCUT2D eigenvalue weighted by molar-refractivity contribution is 5.43. The predicted molar refractivity (Wildman–Crippen MR) is 69.4 cm³/mol. The maximum Gasteiger partial charge on any atom is 0.118 e. The first-order valence-corrected chi connectivity index (χ1v) is 5.39. The van der Waals surface area contributed by atoms with Crippen molar-refractivity contribution >= 4 is 0 Å². The van der Waals surface area contributed by atoms with Gasteiger partial charge >= 0.3 is 0 Å². The smallest absolute Gasteiger partial charge is 0.118 e. The molecule has 1 aliphatic carbocycles. The van der Waals surface area contributed by atoms with Crippen molar-refractivity contribution < 1.29 is 4.74 Å². The molecule has 0 heterocycles. The van der Waals surface area contributed by atoms with Crippen molar-refractivity contribution in [1.29, 1.82) is 0 Å². The highest BCUT2D eigenvalue weighted by Crippen LogP contribution is 2.10. The molecule has 0 saturated carbocycles. The minimum atomic E-state index is 0.222. The Kier molecular flexibility index (Phi) is 3.68. The Hall–Kier alpha value is -2.38. The van der Waals surface area contributed by atoms with E-state index in [0.717, 1.165) is 11.3 Å². The molecule has 0 aliphatic heterocycles. The van der Waals surface area contributed by atoms with Crippen LogP contribution in [0.5, 0.6) is 5.75 Å². The largest absolute Gasteiger partial charge is 0.497 e. The molecule has 17 heavy (non-hydrogen) atoms. The van der Waals surface area contributed by atoms with E-state index < -0.39 is 0 Å². The number of benzene rings is 1. The molecule has 0 atom stereocenters. The van der Waals surface area contributed by atoms with Crippen LogP contribution < -0.4 is 4.74 Å². The quantitative estimate of drug-likeness (QED) is 0.661. The van der Waals surface area contributed by atoms with Gasteiger partial charge in [-0.05, 0) is 36.1 Å². The average molecular weight is 220 g/mol. The average Bonchev–Trinajstić information content (AvgIpc) is 2.88. The molecule has 0 N–H and O–H groups in total. The van der Waals surface area contributed by atoms with E-state index in [9.17, 15) is 0 Å². The van der Waals surface area contributed by atoms with E-state index in [1.54, 1.807) is 7.11 Å². The number of rotatable bonds is 1. The second-order valence-electron chi connectivity index (χ2n) is 3.54. The Morgan fingerprint density at radius 1 is 1.00 bits per heavy atom. The van der Waals surface area contributed by atoms with Gasteiger partial charge in [0.25, 0.3) is 0 Å². The highest BCUT2D eigenvalue weighted by Gasteiger charge is 1.95. The Morgan fingerprint density at radius 2 is 1.71 bits per heavy atom. The van der Waals surface area contributed by atoms with Crippen LogP contribution in [-0.2, 0) is 0 Å². The second-order valence-corrected chi connectivity index (χ2v) is 3.54. The molecule has 1 nitrogen and oxygen atoms in total. The van der Waals surface area contributed by atoms with Crippen molar-refractivity contribution in [3.8, 4) is 29.4 Å². The molecule has 0 spiro atoms. The van der Waals surface area contributed by atoms with Crippen molar-refractivity contribution in [3.05, 3.63) is 54.1 Å². The molecule has 0 unspecified atom stereocenters. The van der Waals surface area contributed by atoms with Crippen LogP contribution in [0.3, 0.4) is 0 Å². The fourth-order valence-electron chi connectivity index (χ4n) is 1.43. The first-order valence-electron chi connectivity index (χ1n) is 5.39. The van der Waals surface area contributed by atoms with Gasteiger partial charge in [0, 0.05) is 5.56 Å². The Morgan fingerprint density at radius 3 is 2.35 bits per heavy atom. The molecular formula is C16H12O. The fraction of sp³-hybridized carbons (Fsp3) is 0.125. The van der Waals surface area contributed by atoms with Crippen molar-refractivity contribution in [3.63, 3.8) is 0 Å². The number of allylic oxidation sites excluding steroid dienone is 4. The van der Waals surface area contributed by atoms with E-state index in [1.165, 1.54) is 0 Å². The molecule has 0 radical (unpaired) electrons. The van der Waals surface area contributed by atoms with E-state index in [-0.39, 0.29) is 5.92 Å². The Labute approximate surface area is 102 Å². The van der Waals surface area contributed by atoms with Gasteiger partial charge < -0.3 is 4.74 Å². The molecule has 0 aromatic heterocycles. The second kappa shape index (κ2) is 5.64. The summed E-state index contributed by atoms with van der Waals surface area (Å²) >= 11 is 0. The van der Waals surface area contributed by atoms with Crippen LogP contribution in [0.25, 0.3) is 0 Å². The van der Waals surface area contributed by atoms with E-state index in [4.69, 9.17) is 4.74 Å². The number of ether oxygens (including phenoxy) is 1. The molecule has 1 aromatic rings. The summed E-state index contributed by atoms with van der Waals surface area (Å²) in [5, 5.41) is 0. The summed E-state index contributed by atoms with van der Waals surface area (Å²) in [6.07, 6.45) is 8.08. The number of methoxy groups -OCH3 is 1. The normalized spacial score (nSPS) is 12.5. The van der Waals surface area contributed by atoms with Crippen LogP contribution in [0.15, 0.2) is 48.6 Å². The highest BCUT2D eigenvalue weighted by atomic mass is 16.5. The maximum atomic E-state index is 5.07. The lowest BCUT2D eigenvalue weighted by molar-refractivity contribution is 0.415. The molecule has 0 fully saturated rings. The van der Waals surface area contributed by atoms with Gasteiger partial charge in [-0.2, -0.15) is 0 Å². The molecule has 82 valence electrons. The zero-order valence-electron chi connectivity index (χ0n) is 9.60. The van der Waals surface area contributed by atoms with Gasteiger partial charge in [-0.3, -0.25) is 0 Å². The molecule has 0 bridgehead atoms. The lowest BCUT2D eigenvalue weighted by Crippen LogP contribution is -1.82. The summed E-state index contributed by atoms with van der Waals surface area (Å²) in [5.74, 6) is 12.8. The van der Waals surface area contributed by atoms with E-state index in [1.807, 2.05) is 48.6 Å². The summed E-state index contributed by atoms with van der Waals surface area (Å²) in [5.41, 5.74) is 0.942. The van der Waals surface area contributed by atoms with Gasteiger partial charge in [0.2, 0.25) is 0 Å². The van der Waals surface area contributed by atoms with Crippen molar-refractivity contribution in [1.82, 2.24) is 0 Å². The van der Waals surface area contributed by atoms with Gasteiger partial charge in [0.1, 0.15) is 5.75 Å². The van der Waals surface area contributed by atoms with Crippen molar-refractivity contribution in [2.45, 2.75) is 0 Å². The van der Waals surface area contributed by atoms with Crippen molar-refractivity contribution in [2.75, 3.05) is 7.11 Å². The zero-order valence-corrected chi connectivity index (χ0v) is 9.60. The fourth-order valence-corrected chi connectivity index (χ4v) is 1.43. The summed E-state index contributed by atoms with van der Waals surface area (Å²) in [4.78, 5) is 0. The Balaban J connectivity index is 2.00. The molecule has 1 aliphatic rings. The molecule has 2 rings (SSSR count). The third-order valence-corrected chi connectivity index (χ3v) is 2.35. The third kappa shape index (κ3) is 3.30. The van der Waals surface area contributed by atoms with Gasteiger partial charge in [0.05, 0.1) is 13.0 Å². The first kappa shape index (κ1) is 11.1. The standard InChI is InChI=1S/C16H12O/c1-17-16-12-10-15(11-13-16)9-5-4-8-14-6-2-3-7-14/h2-3,6-7,10-14H,1H3. The van der Waals surface area contributed by atoms with Crippen LogP contribution in [0.1, 0.15) is 5.56 Å². The Bertz CT molecular complexity index is 542. The minimum Gasteiger partial charge on any atom is -0.497 e. The third-order valence-electron chi connectivity index (χ3n) is 2.35. The van der Waals surface area contributed by atoms with Gasteiger partial charge in [-0.15, -0.1) is 0 Å². The van der Waals surface area contributed by atoms with Gasteiger partial charge in [-0.25, -0.2) is 0 Å². The first-order chi connectivity index (χ1) is 8.38.